The van der Waals surface area contributed by atoms with Gasteiger partial charge in [0, 0.05) is 65.1 Å². The van der Waals surface area contributed by atoms with Crippen molar-refractivity contribution in [2.75, 3.05) is 39.8 Å². The molecule has 0 aliphatic carbocycles. The second-order valence-corrected chi connectivity index (χ2v) is 8.01. The molecule has 2 aliphatic rings. The fourth-order valence-electron chi connectivity index (χ4n) is 3.92. The van der Waals surface area contributed by atoms with Crippen molar-refractivity contribution in [3.8, 4) is 0 Å². The number of amides is 2. The van der Waals surface area contributed by atoms with Crippen LogP contribution in [-0.4, -0.2) is 83.5 Å². The highest BCUT2D eigenvalue weighted by Crippen LogP contribution is 2.34. The molecule has 1 aromatic carbocycles. The van der Waals surface area contributed by atoms with Crippen LogP contribution in [0, 0.1) is 11.2 Å². The summed E-state index contributed by atoms with van der Waals surface area (Å²) in [7, 11) is 1.82. The van der Waals surface area contributed by atoms with E-state index < -0.39 is 12.1 Å². The molecule has 2 amide bonds. The normalized spacial score (nSPS) is 22.2. The third-order valence-electron chi connectivity index (χ3n) is 5.30. The summed E-state index contributed by atoms with van der Waals surface area (Å²) >= 11 is 0. The van der Waals surface area contributed by atoms with Gasteiger partial charge >= 0.3 is 12.1 Å². The minimum atomic E-state index is -5.08. The number of hydrogen-bond donors (Lipinski definition) is 1. The molecule has 1 atom stereocenters. The first-order valence-corrected chi connectivity index (χ1v) is 9.58. The van der Waals surface area contributed by atoms with E-state index in [-0.39, 0.29) is 23.0 Å². The first-order chi connectivity index (χ1) is 14.3. The maximum atomic E-state index is 13.1. The van der Waals surface area contributed by atoms with Crippen molar-refractivity contribution in [1.29, 1.82) is 0 Å². The average molecular weight is 447 g/mol. The van der Waals surface area contributed by atoms with E-state index in [0.29, 0.717) is 32.6 Å². The van der Waals surface area contributed by atoms with Gasteiger partial charge in [0.2, 0.25) is 11.8 Å². The van der Waals surface area contributed by atoms with Crippen LogP contribution in [-0.2, 0) is 20.9 Å². The number of carbonyl (C=O) groups is 3. The van der Waals surface area contributed by atoms with Gasteiger partial charge in [-0.1, -0.05) is 12.1 Å². The molecule has 1 unspecified atom stereocenters. The Bertz CT molecular complexity index is 816. The van der Waals surface area contributed by atoms with Crippen LogP contribution in [0.1, 0.15) is 18.9 Å². The second-order valence-electron chi connectivity index (χ2n) is 8.01. The van der Waals surface area contributed by atoms with Crippen LogP contribution >= 0.6 is 0 Å². The Morgan fingerprint density at radius 2 is 1.68 bits per heavy atom. The van der Waals surface area contributed by atoms with E-state index in [4.69, 9.17) is 9.90 Å². The summed E-state index contributed by atoms with van der Waals surface area (Å²) < 4.78 is 44.8. The Kier molecular flexibility index (Phi) is 7.63. The molecule has 172 valence electrons. The molecule has 3 rings (SSSR count). The molecule has 0 saturated carbocycles. The van der Waals surface area contributed by atoms with Crippen LogP contribution < -0.4 is 0 Å². The number of benzene rings is 1. The highest BCUT2D eigenvalue weighted by atomic mass is 19.4. The topological polar surface area (TPSA) is 81.2 Å². The fraction of sp³-hybridized carbons (Fsp3) is 0.550. The van der Waals surface area contributed by atoms with Crippen LogP contribution in [0.25, 0.3) is 0 Å². The number of rotatable bonds is 2. The Hall–Kier alpha value is -2.69. The quantitative estimate of drug-likeness (QED) is 0.702. The molecular formula is C20H25F4N3O4. The van der Waals surface area contributed by atoms with E-state index >= 15 is 0 Å². The number of nitrogens with zero attached hydrogens (tertiary/aromatic N) is 3. The molecule has 0 aromatic heterocycles. The molecule has 2 aliphatic heterocycles. The van der Waals surface area contributed by atoms with Gasteiger partial charge in [0.25, 0.3) is 0 Å². The predicted molar refractivity (Wildman–Crippen MR) is 102 cm³/mol. The second kappa shape index (κ2) is 9.63. The Morgan fingerprint density at radius 3 is 2.13 bits per heavy atom. The van der Waals surface area contributed by atoms with Crippen molar-refractivity contribution in [1.82, 2.24) is 14.7 Å². The number of likely N-dealkylation sites (tertiary alicyclic amines) is 1. The highest BCUT2D eigenvalue weighted by Gasteiger charge is 2.45. The lowest BCUT2D eigenvalue weighted by atomic mass is 9.86. The van der Waals surface area contributed by atoms with Gasteiger partial charge in [-0.3, -0.25) is 14.5 Å². The molecule has 31 heavy (non-hydrogen) atoms. The molecule has 0 bridgehead atoms. The van der Waals surface area contributed by atoms with E-state index in [0.717, 1.165) is 18.7 Å². The Labute approximate surface area is 177 Å². The van der Waals surface area contributed by atoms with E-state index in [9.17, 15) is 27.2 Å². The molecule has 2 saturated heterocycles. The van der Waals surface area contributed by atoms with Gasteiger partial charge in [0.05, 0.1) is 0 Å². The molecule has 1 spiro atoms. The van der Waals surface area contributed by atoms with Crippen molar-refractivity contribution in [2.24, 2.45) is 5.41 Å². The van der Waals surface area contributed by atoms with Crippen molar-refractivity contribution < 1.29 is 37.1 Å². The van der Waals surface area contributed by atoms with Gasteiger partial charge in [-0.25, -0.2) is 9.18 Å². The number of hydrogen-bond acceptors (Lipinski definition) is 4. The third-order valence-corrected chi connectivity index (χ3v) is 5.30. The Morgan fingerprint density at radius 1 is 1.10 bits per heavy atom. The summed E-state index contributed by atoms with van der Waals surface area (Å²) in [4.78, 5) is 38.8. The number of carbonyl (C=O) groups excluding carboxylic acids is 2. The summed E-state index contributed by atoms with van der Waals surface area (Å²) in [6, 6.07) is 6.53. The number of halogens is 4. The van der Waals surface area contributed by atoms with Crippen LogP contribution in [0.3, 0.4) is 0 Å². The van der Waals surface area contributed by atoms with Crippen molar-refractivity contribution in [3.63, 3.8) is 0 Å². The van der Waals surface area contributed by atoms with Gasteiger partial charge in [0.15, 0.2) is 0 Å². The van der Waals surface area contributed by atoms with Gasteiger partial charge in [0.1, 0.15) is 5.82 Å². The largest absolute Gasteiger partial charge is 0.490 e. The summed E-state index contributed by atoms with van der Waals surface area (Å²) in [6.07, 6.45) is -4.60. The number of carboxylic acids is 1. The van der Waals surface area contributed by atoms with Gasteiger partial charge in [-0.05, 0) is 17.7 Å². The average Bonchev–Trinajstić information content (AvgIpc) is 2.82. The zero-order valence-electron chi connectivity index (χ0n) is 17.3. The molecule has 2 heterocycles. The van der Waals surface area contributed by atoms with Gasteiger partial charge in [-0.15, -0.1) is 0 Å². The summed E-state index contributed by atoms with van der Waals surface area (Å²) in [5, 5.41) is 7.12. The molecule has 0 radical (unpaired) electrons. The summed E-state index contributed by atoms with van der Waals surface area (Å²) in [5.41, 5.74) is 0.828. The first-order valence-electron chi connectivity index (χ1n) is 9.58. The van der Waals surface area contributed by atoms with Crippen molar-refractivity contribution in [3.05, 3.63) is 35.6 Å². The zero-order valence-corrected chi connectivity index (χ0v) is 17.3. The lowest BCUT2D eigenvalue weighted by Gasteiger charge is -2.33. The molecule has 1 N–H and O–H groups in total. The van der Waals surface area contributed by atoms with Crippen LogP contribution in [0.5, 0.6) is 0 Å². The predicted octanol–water partition coefficient (Wildman–Crippen LogP) is 1.97. The smallest absolute Gasteiger partial charge is 0.475 e. The van der Waals surface area contributed by atoms with Gasteiger partial charge in [-0.2, -0.15) is 13.2 Å². The van der Waals surface area contributed by atoms with E-state index in [1.54, 1.807) is 24.0 Å². The highest BCUT2D eigenvalue weighted by molar-refractivity contribution is 5.80. The lowest BCUT2D eigenvalue weighted by molar-refractivity contribution is -0.192. The maximum Gasteiger partial charge on any atom is 0.490 e. The summed E-state index contributed by atoms with van der Waals surface area (Å²) in [5.74, 6) is -2.80. The van der Waals surface area contributed by atoms with Crippen molar-refractivity contribution in [2.45, 2.75) is 26.1 Å². The van der Waals surface area contributed by atoms with Crippen LogP contribution in [0.15, 0.2) is 24.3 Å². The zero-order chi connectivity index (χ0) is 23.4. The molecule has 1 aromatic rings. The molecule has 2 fully saturated rings. The monoisotopic (exact) mass is 447 g/mol. The maximum absolute atomic E-state index is 13.1. The van der Waals surface area contributed by atoms with E-state index in [1.165, 1.54) is 12.1 Å². The first kappa shape index (κ1) is 24.6. The van der Waals surface area contributed by atoms with Crippen LogP contribution in [0.2, 0.25) is 0 Å². The minimum Gasteiger partial charge on any atom is -0.475 e. The Balaban J connectivity index is 0.000000423. The van der Waals surface area contributed by atoms with Crippen molar-refractivity contribution >= 4 is 17.8 Å². The molecular weight excluding hydrogens is 422 g/mol. The van der Waals surface area contributed by atoms with E-state index in [2.05, 4.69) is 4.90 Å². The molecule has 11 heteroatoms. The number of alkyl halides is 3. The standard InChI is InChI=1S/C18H24FN3O2.C2HF3O2/c1-14(23)22-8-7-21(10-15-3-5-16(19)6-4-15)12-18(13-22)9-17(24)20(2)11-18;3-2(4,5)1(6)7/h3-6H,7-13H2,1-2H3;(H,6,7). The number of carboxylic acid groups (broad SMARTS) is 1. The molecule has 7 nitrogen and oxygen atoms in total. The third kappa shape index (κ3) is 6.91. The number of aliphatic carboxylic acids is 1. The SMILES string of the molecule is CC(=O)N1CCN(Cc2ccc(F)cc2)CC2(CC(=O)N(C)C2)C1.O=C(O)C(F)(F)F. The van der Waals surface area contributed by atoms with E-state index in [1.807, 2.05) is 11.9 Å². The van der Waals surface area contributed by atoms with Gasteiger partial charge < -0.3 is 14.9 Å². The summed E-state index contributed by atoms with van der Waals surface area (Å²) in [6.45, 7) is 5.78. The lowest BCUT2D eigenvalue weighted by Crippen LogP contribution is -2.43. The fourth-order valence-corrected chi connectivity index (χ4v) is 3.92. The van der Waals surface area contributed by atoms with Crippen LogP contribution in [0.4, 0.5) is 17.6 Å². The minimum absolute atomic E-state index is 0.0556.